The number of nitrogens with two attached hydrogens (primary N) is 1. The minimum absolute atomic E-state index is 0.0184. The van der Waals surface area contributed by atoms with E-state index in [1.165, 1.54) is 0 Å². The summed E-state index contributed by atoms with van der Waals surface area (Å²) in [6.45, 7) is 11.7. The van der Waals surface area contributed by atoms with Gasteiger partial charge in [-0.05, 0) is 82.9 Å². The van der Waals surface area contributed by atoms with Crippen LogP contribution in [0.3, 0.4) is 0 Å². The first kappa shape index (κ1) is 22.0. The first-order chi connectivity index (χ1) is 13.2. The summed E-state index contributed by atoms with van der Waals surface area (Å²) < 4.78 is 24.3. The van der Waals surface area contributed by atoms with Gasteiger partial charge in [0, 0.05) is 11.6 Å². The van der Waals surface area contributed by atoms with E-state index in [1.807, 2.05) is 6.07 Å². The van der Waals surface area contributed by atoms with Crippen molar-refractivity contribution in [1.82, 2.24) is 4.98 Å². The molecule has 0 saturated carbocycles. The molecule has 5 nitrogen and oxygen atoms in total. The van der Waals surface area contributed by atoms with Crippen LogP contribution >= 0.6 is 0 Å². The molecule has 6 heteroatoms. The number of nitrogens with zero attached hydrogens (tertiary/aromatic N) is 1. The molecule has 0 aromatic carbocycles. The second-order valence-corrected chi connectivity index (χ2v) is 13.9. The molecule has 160 valence electrons. The molecule has 1 saturated heterocycles. The lowest BCUT2D eigenvalue weighted by Crippen LogP contribution is -2.51. The lowest BCUT2D eigenvalue weighted by molar-refractivity contribution is 0.0999. The molecule has 2 N–H and O–H groups in total. The Morgan fingerprint density at radius 2 is 1.66 bits per heavy atom. The van der Waals surface area contributed by atoms with Crippen molar-refractivity contribution in [3.63, 3.8) is 0 Å². The molecule has 2 heterocycles. The Bertz CT molecular complexity index is 948. The Kier molecular flexibility index (Phi) is 5.26. The van der Waals surface area contributed by atoms with Crippen LogP contribution in [0.4, 0.5) is 0 Å². The Morgan fingerprint density at radius 1 is 1.07 bits per heavy atom. The molecule has 0 unspecified atom stereocenters. The molecule has 1 amide bonds. The van der Waals surface area contributed by atoms with Gasteiger partial charge in [0.2, 0.25) is 0 Å². The summed E-state index contributed by atoms with van der Waals surface area (Å²) in [7, 11) is -3.26. The average Bonchev–Trinajstić information content (AvgIpc) is 2.59. The highest BCUT2D eigenvalue weighted by atomic mass is 32.2. The molecule has 1 aromatic rings. The van der Waals surface area contributed by atoms with Crippen LogP contribution in [0, 0.1) is 5.41 Å². The normalized spacial score (nSPS) is 25.2. The summed E-state index contributed by atoms with van der Waals surface area (Å²) in [5.41, 5.74) is 8.94. The van der Waals surface area contributed by atoms with Crippen molar-refractivity contribution in [3.8, 4) is 0 Å². The van der Waals surface area contributed by atoms with Gasteiger partial charge in [0.15, 0.2) is 9.84 Å². The van der Waals surface area contributed by atoms with Gasteiger partial charge in [-0.1, -0.05) is 19.9 Å². The van der Waals surface area contributed by atoms with Gasteiger partial charge in [-0.2, -0.15) is 0 Å². The van der Waals surface area contributed by atoms with Crippen LogP contribution in [0.1, 0.15) is 101 Å². The summed E-state index contributed by atoms with van der Waals surface area (Å²) in [5.74, 6) is -0.457. The van der Waals surface area contributed by atoms with Crippen LogP contribution in [0.5, 0.6) is 0 Å². The number of carbonyl (C=O) groups excluding carboxylic acids is 1. The lowest BCUT2D eigenvalue weighted by Gasteiger charge is -2.44. The highest BCUT2D eigenvalue weighted by Crippen LogP contribution is 2.48. The predicted octanol–water partition coefficient (Wildman–Crippen LogP) is 4.62. The number of aromatic nitrogens is 1. The fraction of sp³-hybridized carbons (Fsp3) is 0.652. The fourth-order valence-electron chi connectivity index (χ4n) is 4.87. The number of hydrogen-bond donors (Lipinski definition) is 1. The molecule has 3 rings (SSSR count). The summed E-state index contributed by atoms with van der Waals surface area (Å²) in [6.07, 6.45) is 6.06. The number of rotatable bonds is 3. The third-order valence-corrected chi connectivity index (χ3v) is 10.1. The smallest absolute Gasteiger partial charge is 0.250 e. The van der Waals surface area contributed by atoms with Crippen LogP contribution in [0.2, 0.25) is 0 Å². The van der Waals surface area contributed by atoms with E-state index in [0.717, 1.165) is 30.5 Å². The molecular weight excluding hydrogens is 384 g/mol. The van der Waals surface area contributed by atoms with Crippen LogP contribution in [0.25, 0.3) is 5.57 Å². The maximum Gasteiger partial charge on any atom is 0.250 e. The molecular formula is C23H34N2O3S. The molecule has 0 bridgehead atoms. The zero-order valence-electron chi connectivity index (χ0n) is 18.5. The Labute approximate surface area is 175 Å². The minimum atomic E-state index is -3.26. The standard InChI is InChI=1S/C23H34N2O3S/c1-21(2)11-9-15(10-12-21)19-17(20(24)26)7-8-18(25-19)16-13-22(3,4)29(27,28)23(5,6)14-16/h7-9,16H,10-14H2,1-6H3,(H2,24,26). The van der Waals surface area contributed by atoms with Crippen LogP contribution < -0.4 is 5.73 Å². The van der Waals surface area contributed by atoms with Crippen molar-refractivity contribution in [2.24, 2.45) is 11.1 Å². The van der Waals surface area contributed by atoms with Crippen molar-refractivity contribution in [2.75, 3.05) is 0 Å². The highest BCUT2D eigenvalue weighted by Gasteiger charge is 2.52. The van der Waals surface area contributed by atoms with Gasteiger partial charge in [0.25, 0.3) is 5.91 Å². The number of sulfone groups is 1. The third-order valence-electron chi connectivity index (χ3n) is 6.81. The van der Waals surface area contributed by atoms with E-state index in [1.54, 1.807) is 33.8 Å². The molecule has 0 radical (unpaired) electrons. The molecule has 1 aromatic heterocycles. The van der Waals surface area contributed by atoms with E-state index in [0.29, 0.717) is 24.1 Å². The Hall–Kier alpha value is -1.69. The van der Waals surface area contributed by atoms with E-state index >= 15 is 0 Å². The number of carbonyl (C=O) groups is 1. The first-order valence-electron chi connectivity index (χ1n) is 10.4. The third kappa shape index (κ3) is 3.88. The second kappa shape index (κ2) is 6.93. The second-order valence-electron chi connectivity index (χ2n) is 10.7. The van der Waals surface area contributed by atoms with E-state index in [-0.39, 0.29) is 11.3 Å². The first-order valence-corrected chi connectivity index (χ1v) is 11.9. The number of primary amides is 1. The molecule has 1 fully saturated rings. The number of pyridine rings is 1. The van der Waals surface area contributed by atoms with E-state index in [4.69, 9.17) is 10.7 Å². The van der Waals surface area contributed by atoms with Crippen LogP contribution in [-0.2, 0) is 9.84 Å². The number of allylic oxidation sites excluding steroid dienone is 2. The van der Waals surface area contributed by atoms with Crippen LogP contribution in [-0.4, -0.2) is 28.8 Å². The molecule has 0 atom stereocenters. The van der Waals surface area contributed by atoms with Crippen molar-refractivity contribution in [2.45, 2.75) is 89.1 Å². The van der Waals surface area contributed by atoms with Crippen molar-refractivity contribution >= 4 is 21.3 Å². The molecule has 2 aliphatic rings. The van der Waals surface area contributed by atoms with Crippen LogP contribution in [0.15, 0.2) is 18.2 Å². The molecule has 29 heavy (non-hydrogen) atoms. The van der Waals surface area contributed by atoms with E-state index < -0.39 is 25.2 Å². The largest absolute Gasteiger partial charge is 0.366 e. The predicted molar refractivity (Wildman–Crippen MR) is 117 cm³/mol. The fourth-order valence-corrected chi connectivity index (χ4v) is 7.21. The van der Waals surface area contributed by atoms with Crippen molar-refractivity contribution in [3.05, 3.63) is 35.2 Å². The van der Waals surface area contributed by atoms with Gasteiger partial charge >= 0.3 is 0 Å². The van der Waals surface area contributed by atoms with Crippen molar-refractivity contribution < 1.29 is 13.2 Å². The summed E-state index contributed by atoms with van der Waals surface area (Å²) in [6, 6.07) is 3.62. The zero-order valence-corrected chi connectivity index (χ0v) is 19.3. The SMILES string of the molecule is CC1(C)CC=C(c2nc(C3CC(C)(C)S(=O)(=O)C(C)(C)C3)ccc2C(N)=O)CC1. The Balaban J connectivity index is 2.04. The zero-order chi connectivity index (χ0) is 21.8. The van der Waals surface area contributed by atoms with E-state index in [9.17, 15) is 13.2 Å². The topological polar surface area (TPSA) is 90.1 Å². The number of hydrogen-bond acceptors (Lipinski definition) is 4. The maximum atomic E-state index is 13.0. The summed E-state index contributed by atoms with van der Waals surface area (Å²) in [4.78, 5) is 17.0. The van der Waals surface area contributed by atoms with Gasteiger partial charge in [-0.15, -0.1) is 0 Å². The lowest BCUT2D eigenvalue weighted by atomic mass is 9.77. The Morgan fingerprint density at radius 3 is 2.14 bits per heavy atom. The summed E-state index contributed by atoms with van der Waals surface area (Å²) in [5, 5.41) is 0. The van der Waals surface area contributed by atoms with Gasteiger partial charge in [-0.3, -0.25) is 9.78 Å². The highest BCUT2D eigenvalue weighted by molar-refractivity contribution is 7.94. The summed E-state index contributed by atoms with van der Waals surface area (Å²) >= 11 is 0. The van der Waals surface area contributed by atoms with Gasteiger partial charge < -0.3 is 5.73 Å². The quantitative estimate of drug-likeness (QED) is 0.775. The number of amides is 1. The van der Waals surface area contributed by atoms with Gasteiger partial charge in [0.1, 0.15) is 0 Å². The molecule has 1 aliphatic heterocycles. The van der Waals surface area contributed by atoms with E-state index in [2.05, 4.69) is 19.9 Å². The van der Waals surface area contributed by atoms with Crippen molar-refractivity contribution in [1.29, 1.82) is 0 Å². The van der Waals surface area contributed by atoms with Gasteiger partial charge in [0.05, 0.1) is 20.8 Å². The van der Waals surface area contributed by atoms with Gasteiger partial charge in [-0.25, -0.2) is 8.42 Å². The minimum Gasteiger partial charge on any atom is -0.366 e. The molecule has 1 aliphatic carbocycles. The molecule has 0 spiro atoms. The average molecular weight is 419 g/mol. The maximum absolute atomic E-state index is 13.0. The monoisotopic (exact) mass is 418 g/mol.